The number of hydrogen-bond acceptors (Lipinski definition) is 5. The number of Topliss-reactive ketones (excluding diaryl/α,β-unsaturated/α-hetero) is 1. The summed E-state index contributed by atoms with van der Waals surface area (Å²) in [6, 6.07) is 13.5. The summed E-state index contributed by atoms with van der Waals surface area (Å²) in [6.45, 7) is 2.44. The van der Waals surface area contributed by atoms with Crippen molar-refractivity contribution < 1.29 is 23.9 Å². The Hall–Kier alpha value is -3.13. The third kappa shape index (κ3) is 6.26. The lowest BCUT2D eigenvalue weighted by Crippen LogP contribution is -2.24. The van der Waals surface area contributed by atoms with Crippen LogP contribution in [-0.2, 0) is 27.2 Å². The number of halogens is 1. The molecule has 2 N–H and O–H groups in total. The number of rotatable bonds is 13. The van der Waals surface area contributed by atoms with E-state index in [2.05, 4.69) is 15.9 Å². The molecule has 0 atom stereocenters. The summed E-state index contributed by atoms with van der Waals surface area (Å²) in [4.78, 5) is 36.4. The number of benzene rings is 1. The lowest BCUT2D eigenvalue weighted by atomic mass is 9.98. The number of ether oxygens (including phenoxy) is 2. The molecule has 2 aromatic heterocycles. The molecule has 1 amide bonds. The lowest BCUT2D eigenvalue weighted by molar-refractivity contribution is -0.143. The number of pyridine rings is 1. The van der Waals surface area contributed by atoms with E-state index < -0.39 is 11.7 Å². The summed E-state index contributed by atoms with van der Waals surface area (Å²) in [7, 11) is 0. The fraction of sp³-hybridized carbons (Fsp3) is 0.346. The number of amides is 1. The first-order valence-corrected chi connectivity index (χ1v) is 12.5. The van der Waals surface area contributed by atoms with Gasteiger partial charge >= 0.3 is 5.97 Å². The smallest absolute Gasteiger partial charge is 0.305 e. The number of carbonyl (C=O) groups excluding carboxylic acids is 3. The first-order chi connectivity index (χ1) is 16.5. The van der Waals surface area contributed by atoms with Crippen molar-refractivity contribution in [3.63, 3.8) is 0 Å². The second-order valence-corrected chi connectivity index (χ2v) is 8.62. The Morgan fingerprint density at radius 2 is 1.85 bits per heavy atom. The first-order valence-electron chi connectivity index (χ1n) is 11.3. The van der Waals surface area contributed by atoms with Crippen molar-refractivity contribution in [1.29, 1.82) is 0 Å². The number of hydrogen-bond donors (Lipinski definition) is 1. The van der Waals surface area contributed by atoms with Gasteiger partial charge in [-0.2, -0.15) is 0 Å². The summed E-state index contributed by atoms with van der Waals surface area (Å²) in [5, 5.41) is 0.767. The quantitative estimate of drug-likeness (QED) is 0.117. The molecule has 34 heavy (non-hydrogen) atoms. The molecule has 3 aromatic rings. The van der Waals surface area contributed by atoms with Gasteiger partial charge in [-0.25, -0.2) is 0 Å². The summed E-state index contributed by atoms with van der Waals surface area (Å²) >= 11 is 3.46. The largest absolute Gasteiger partial charge is 0.493 e. The molecule has 0 saturated carbocycles. The van der Waals surface area contributed by atoms with Crippen molar-refractivity contribution in [2.45, 2.75) is 39.0 Å². The van der Waals surface area contributed by atoms with Crippen LogP contribution in [0.25, 0.3) is 5.52 Å². The molecule has 2 heterocycles. The van der Waals surface area contributed by atoms with Crippen LogP contribution in [0.5, 0.6) is 5.75 Å². The maximum Gasteiger partial charge on any atom is 0.305 e. The Bertz CT molecular complexity index is 1160. The molecule has 180 valence electrons. The third-order valence-electron chi connectivity index (χ3n) is 5.45. The summed E-state index contributed by atoms with van der Waals surface area (Å²) < 4.78 is 12.7. The molecule has 0 fully saturated rings. The van der Waals surface area contributed by atoms with Crippen molar-refractivity contribution in [3.05, 3.63) is 71.0 Å². The Balaban J connectivity index is 1.99. The molecule has 0 aliphatic heterocycles. The van der Waals surface area contributed by atoms with Gasteiger partial charge in [-0.3, -0.25) is 14.4 Å². The topological polar surface area (TPSA) is 100 Å². The Morgan fingerprint density at radius 1 is 1.09 bits per heavy atom. The van der Waals surface area contributed by atoms with Gasteiger partial charge in [0.05, 0.1) is 24.3 Å². The number of ketones is 1. The first kappa shape index (κ1) is 25.5. The van der Waals surface area contributed by atoms with E-state index in [1.807, 2.05) is 47.0 Å². The minimum atomic E-state index is -0.986. The van der Waals surface area contributed by atoms with Crippen LogP contribution in [0, 0.1) is 0 Å². The zero-order chi connectivity index (χ0) is 24.5. The number of nitrogens with two attached hydrogens (primary N) is 1. The highest BCUT2D eigenvalue weighted by molar-refractivity contribution is 9.09. The molecule has 0 saturated heterocycles. The van der Waals surface area contributed by atoms with Crippen LogP contribution < -0.4 is 10.5 Å². The average Bonchev–Trinajstić information content (AvgIpc) is 3.13. The highest BCUT2D eigenvalue weighted by Gasteiger charge is 2.26. The predicted octanol–water partition coefficient (Wildman–Crippen LogP) is 4.25. The minimum absolute atomic E-state index is 0.260. The Labute approximate surface area is 207 Å². The van der Waals surface area contributed by atoms with Crippen LogP contribution in [-0.4, -0.2) is 40.6 Å². The SMILES string of the molecule is CCOC(=O)CCCOc1ccn2c(Cc3ccccc3)c(CCCBr)c(C(=O)C(N)=O)c2c1. The molecular formula is C26H29BrN2O5. The lowest BCUT2D eigenvalue weighted by Gasteiger charge is -2.09. The third-order valence-corrected chi connectivity index (χ3v) is 6.01. The van der Waals surface area contributed by atoms with E-state index in [-0.39, 0.29) is 12.4 Å². The van der Waals surface area contributed by atoms with Gasteiger partial charge in [-0.1, -0.05) is 46.3 Å². The van der Waals surface area contributed by atoms with Gasteiger partial charge in [0.2, 0.25) is 0 Å². The van der Waals surface area contributed by atoms with Gasteiger partial charge < -0.3 is 19.6 Å². The fourth-order valence-corrected chi connectivity index (χ4v) is 4.23. The number of aromatic nitrogens is 1. The molecule has 0 aliphatic carbocycles. The fourth-order valence-electron chi connectivity index (χ4n) is 3.95. The van der Waals surface area contributed by atoms with Crippen LogP contribution in [0.1, 0.15) is 53.4 Å². The second kappa shape index (κ2) is 12.4. The zero-order valence-electron chi connectivity index (χ0n) is 19.2. The summed E-state index contributed by atoms with van der Waals surface area (Å²) in [5.41, 5.74) is 9.21. The maximum absolute atomic E-state index is 12.9. The van der Waals surface area contributed by atoms with E-state index in [1.54, 1.807) is 13.0 Å². The Kier molecular flexibility index (Phi) is 9.27. The number of carbonyl (C=O) groups is 3. The zero-order valence-corrected chi connectivity index (χ0v) is 20.8. The van der Waals surface area contributed by atoms with Gasteiger partial charge in [-0.05, 0) is 43.4 Å². The van der Waals surface area contributed by atoms with Crippen molar-refractivity contribution in [3.8, 4) is 5.75 Å². The highest BCUT2D eigenvalue weighted by Crippen LogP contribution is 2.30. The molecule has 3 rings (SSSR count). The van der Waals surface area contributed by atoms with Gasteiger partial charge in [-0.15, -0.1) is 0 Å². The number of esters is 1. The van der Waals surface area contributed by atoms with Gasteiger partial charge in [0, 0.05) is 36.1 Å². The monoisotopic (exact) mass is 528 g/mol. The standard InChI is InChI=1S/C26H29BrN2O5/c1-2-33-23(30)11-7-15-34-19-12-14-29-21(16-18-8-4-3-5-9-18)20(10-6-13-27)24(22(29)17-19)25(31)26(28)32/h3-5,8-9,12,14,17H,2,6-7,10-11,13,15-16H2,1H3,(H2,28,32). The Morgan fingerprint density at radius 3 is 2.53 bits per heavy atom. The van der Waals surface area contributed by atoms with E-state index in [1.165, 1.54) is 0 Å². The molecule has 0 unspecified atom stereocenters. The van der Waals surface area contributed by atoms with Crippen molar-refractivity contribution in [2.75, 3.05) is 18.5 Å². The van der Waals surface area contributed by atoms with Crippen LogP contribution in [0.2, 0.25) is 0 Å². The van der Waals surface area contributed by atoms with Gasteiger partial charge in [0.15, 0.2) is 0 Å². The van der Waals surface area contributed by atoms with Crippen LogP contribution in [0.15, 0.2) is 48.7 Å². The molecule has 0 spiro atoms. The van der Waals surface area contributed by atoms with Gasteiger partial charge in [0.25, 0.3) is 11.7 Å². The number of fused-ring (bicyclic) bond motifs is 1. The molecule has 0 radical (unpaired) electrons. The highest BCUT2D eigenvalue weighted by atomic mass is 79.9. The second-order valence-electron chi connectivity index (χ2n) is 7.82. The number of nitrogens with zero attached hydrogens (tertiary/aromatic N) is 1. The number of primary amides is 1. The average molecular weight is 529 g/mol. The van der Waals surface area contributed by atoms with Gasteiger partial charge in [0.1, 0.15) is 5.75 Å². The normalized spacial score (nSPS) is 10.9. The predicted molar refractivity (Wildman–Crippen MR) is 134 cm³/mol. The van der Waals surface area contributed by atoms with E-state index in [0.29, 0.717) is 49.3 Å². The molecule has 7 nitrogen and oxygen atoms in total. The van der Waals surface area contributed by atoms with Crippen LogP contribution in [0.3, 0.4) is 0 Å². The maximum atomic E-state index is 12.9. The van der Waals surface area contributed by atoms with E-state index >= 15 is 0 Å². The summed E-state index contributed by atoms with van der Waals surface area (Å²) in [5.74, 6) is -1.41. The van der Waals surface area contributed by atoms with E-state index in [4.69, 9.17) is 15.2 Å². The molecule has 0 bridgehead atoms. The molecule has 1 aromatic carbocycles. The number of alkyl halides is 1. The molecule has 8 heteroatoms. The van der Waals surface area contributed by atoms with Crippen molar-refractivity contribution >= 4 is 39.1 Å². The molecular weight excluding hydrogens is 500 g/mol. The van der Waals surface area contributed by atoms with E-state index in [0.717, 1.165) is 28.6 Å². The van der Waals surface area contributed by atoms with Crippen LogP contribution in [0.4, 0.5) is 0 Å². The minimum Gasteiger partial charge on any atom is -0.493 e. The van der Waals surface area contributed by atoms with E-state index in [9.17, 15) is 14.4 Å². The van der Waals surface area contributed by atoms with Crippen molar-refractivity contribution in [1.82, 2.24) is 4.40 Å². The summed E-state index contributed by atoms with van der Waals surface area (Å²) in [6.07, 6.45) is 4.65. The van der Waals surface area contributed by atoms with Crippen LogP contribution >= 0.6 is 15.9 Å². The molecule has 0 aliphatic rings. The van der Waals surface area contributed by atoms with Crippen molar-refractivity contribution in [2.24, 2.45) is 5.73 Å².